The number of rotatable bonds is 3. The van der Waals surface area contributed by atoms with Gasteiger partial charge in [0, 0.05) is 12.7 Å². The molecule has 2 aromatic rings. The van der Waals surface area contributed by atoms with Crippen molar-refractivity contribution in [1.82, 2.24) is 4.98 Å². The van der Waals surface area contributed by atoms with E-state index in [1.165, 1.54) is 6.07 Å². The molecule has 0 saturated heterocycles. The highest BCUT2D eigenvalue weighted by molar-refractivity contribution is 5.43. The molecule has 2 rings (SSSR count). The van der Waals surface area contributed by atoms with Crippen LogP contribution in [0.5, 0.6) is 0 Å². The molecule has 19 heavy (non-hydrogen) atoms. The van der Waals surface area contributed by atoms with E-state index in [1.807, 2.05) is 19.1 Å². The highest BCUT2D eigenvalue weighted by Crippen LogP contribution is 2.29. The zero-order valence-corrected chi connectivity index (χ0v) is 10.3. The van der Waals surface area contributed by atoms with Crippen LogP contribution in [0.15, 0.2) is 42.6 Å². The topological polar surface area (TPSA) is 24.9 Å². The molecule has 1 aromatic heterocycles. The van der Waals surface area contributed by atoms with Gasteiger partial charge in [-0.15, -0.1) is 0 Å². The van der Waals surface area contributed by atoms with Gasteiger partial charge in [0.25, 0.3) is 0 Å². The first kappa shape index (κ1) is 13.4. The van der Waals surface area contributed by atoms with Gasteiger partial charge in [-0.3, -0.25) is 0 Å². The normalized spacial score (nSPS) is 11.4. The van der Waals surface area contributed by atoms with Crippen LogP contribution in [0.2, 0.25) is 0 Å². The first-order valence-electron chi connectivity index (χ1n) is 5.78. The molecule has 0 aliphatic rings. The van der Waals surface area contributed by atoms with Gasteiger partial charge in [-0.25, -0.2) is 4.98 Å². The minimum Gasteiger partial charge on any atom is -0.366 e. The Morgan fingerprint density at radius 3 is 2.63 bits per heavy atom. The number of aryl methyl sites for hydroxylation is 1. The van der Waals surface area contributed by atoms with E-state index < -0.39 is 11.7 Å². The van der Waals surface area contributed by atoms with Crippen molar-refractivity contribution >= 4 is 5.82 Å². The van der Waals surface area contributed by atoms with Gasteiger partial charge < -0.3 is 5.32 Å². The number of halogens is 3. The Morgan fingerprint density at radius 2 is 1.95 bits per heavy atom. The number of hydrogen-bond donors (Lipinski definition) is 1. The maximum absolute atomic E-state index is 12.6. The van der Waals surface area contributed by atoms with Crippen LogP contribution in [0, 0.1) is 6.92 Å². The van der Waals surface area contributed by atoms with Crippen molar-refractivity contribution in [3.63, 3.8) is 0 Å². The number of aromatic nitrogens is 1. The predicted molar refractivity (Wildman–Crippen MR) is 67.7 cm³/mol. The van der Waals surface area contributed by atoms with E-state index in [9.17, 15) is 13.2 Å². The average molecular weight is 266 g/mol. The van der Waals surface area contributed by atoms with Crippen molar-refractivity contribution in [2.75, 3.05) is 5.32 Å². The van der Waals surface area contributed by atoms with E-state index in [1.54, 1.807) is 12.3 Å². The Labute approximate surface area is 109 Å². The van der Waals surface area contributed by atoms with Crippen molar-refractivity contribution in [2.45, 2.75) is 19.6 Å². The Hall–Kier alpha value is -2.04. The fraction of sp³-hybridized carbons (Fsp3) is 0.214. The summed E-state index contributed by atoms with van der Waals surface area (Å²) in [7, 11) is 0. The van der Waals surface area contributed by atoms with Gasteiger partial charge in [-0.1, -0.05) is 18.2 Å². The molecular formula is C14H13F3N2. The standard InChI is InChI=1S/C14H13F3N2/c1-10-4-3-7-18-13(10)19-9-11-5-2-6-12(8-11)14(15,16)17/h2-8H,9H2,1H3,(H,18,19). The molecule has 0 saturated carbocycles. The van der Waals surface area contributed by atoms with Crippen molar-refractivity contribution in [2.24, 2.45) is 0 Å². The zero-order valence-electron chi connectivity index (χ0n) is 10.3. The molecule has 0 atom stereocenters. The molecule has 0 bridgehead atoms. The van der Waals surface area contributed by atoms with Crippen LogP contribution in [0.4, 0.5) is 19.0 Å². The summed E-state index contributed by atoms with van der Waals surface area (Å²) in [6.45, 7) is 2.20. The first-order valence-corrected chi connectivity index (χ1v) is 5.78. The smallest absolute Gasteiger partial charge is 0.366 e. The fourth-order valence-electron chi connectivity index (χ4n) is 1.71. The zero-order chi connectivity index (χ0) is 13.9. The molecule has 0 aliphatic carbocycles. The lowest BCUT2D eigenvalue weighted by molar-refractivity contribution is -0.137. The number of nitrogens with zero attached hydrogens (tertiary/aromatic N) is 1. The van der Waals surface area contributed by atoms with E-state index in [4.69, 9.17) is 0 Å². The lowest BCUT2D eigenvalue weighted by atomic mass is 10.1. The monoisotopic (exact) mass is 266 g/mol. The van der Waals surface area contributed by atoms with E-state index >= 15 is 0 Å². The summed E-state index contributed by atoms with van der Waals surface area (Å²) in [4.78, 5) is 4.13. The molecule has 0 unspecified atom stereocenters. The van der Waals surface area contributed by atoms with E-state index in [0.29, 0.717) is 17.9 Å². The maximum Gasteiger partial charge on any atom is 0.416 e. The lowest BCUT2D eigenvalue weighted by Crippen LogP contribution is -2.07. The molecule has 2 nitrogen and oxygen atoms in total. The van der Waals surface area contributed by atoms with Crippen molar-refractivity contribution in [3.8, 4) is 0 Å². The molecule has 0 aliphatic heterocycles. The highest BCUT2D eigenvalue weighted by Gasteiger charge is 2.30. The Morgan fingerprint density at radius 1 is 1.16 bits per heavy atom. The minimum atomic E-state index is -4.31. The summed E-state index contributed by atoms with van der Waals surface area (Å²) < 4.78 is 37.7. The van der Waals surface area contributed by atoms with Gasteiger partial charge in [-0.05, 0) is 36.2 Å². The van der Waals surface area contributed by atoms with Crippen LogP contribution < -0.4 is 5.32 Å². The predicted octanol–water partition coefficient (Wildman–Crippen LogP) is 4.02. The van der Waals surface area contributed by atoms with Crippen LogP contribution >= 0.6 is 0 Å². The maximum atomic E-state index is 12.6. The third-order valence-electron chi connectivity index (χ3n) is 2.72. The van der Waals surface area contributed by atoms with Crippen LogP contribution in [0.3, 0.4) is 0 Å². The number of benzene rings is 1. The molecule has 0 fully saturated rings. The lowest BCUT2D eigenvalue weighted by Gasteiger charge is -2.11. The number of pyridine rings is 1. The first-order chi connectivity index (χ1) is 8.97. The number of nitrogens with one attached hydrogen (secondary N) is 1. The summed E-state index contributed by atoms with van der Waals surface area (Å²) in [5.41, 5.74) is 0.888. The van der Waals surface area contributed by atoms with E-state index in [0.717, 1.165) is 17.7 Å². The van der Waals surface area contributed by atoms with Gasteiger partial charge in [0.15, 0.2) is 0 Å². The Kier molecular flexibility index (Phi) is 3.74. The summed E-state index contributed by atoms with van der Waals surface area (Å²) in [6.07, 6.45) is -2.67. The molecule has 1 N–H and O–H groups in total. The van der Waals surface area contributed by atoms with E-state index in [-0.39, 0.29) is 0 Å². The summed E-state index contributed by atoms with van der Waals surface area (Å²) in [6, 6.07) is 8.97. The van der Waals surface area contributed by atoms with Gasteiger partial charge in [0.05, 0.1) is 5.56 Å². The Bertz CT molecular complexity index is 565. The number of hydrogen-bond acceptors (Lipinski definition) is 2. The van der Waals surface area contributed by atoms with E-state index in [2.05, 4.69) is 10.3 Å². The van der Waals surface area contributed by atoms with Crippen molar-refractivity contribution in [1.29, 1.82) is 0 Å². The minimum absolute atomic E-state index is 0.307. The summed E-state index contributed by atoms with van der Waals surface area (Å²) in [5.74, 6) is 0.680. The molecule has 0 amide bonds. The number of alkyl halides is 3. The van der Waals surface area contributed by atoms with Gasteiger partial charge in [0.1, 0.15) is 5.82 Å². The second-order valence-corrected chi connectivity index (χ2v) is 4.22. The molecule has 0 spiro atoms. The van der Waals surface area contributed by atoms with Crippen LogP contribution in [-0.4, -0.2) is 4.98 Å². The number of anilines is 1. The second kappa shape index (κ2) is 5.30. The van der Waals surface area contributed by atoms with Crippen molar-refractivity contribution in [3.05, 3.63) is 59.3 Å². The molecule has 5 heteroatoms. The fourth-order valence-corrected chi connectivity index (χ4v) is 1.71. The van der Waals surface area contributed by atoms with Gasteiger partial charge in [0.2, 0.25) is 0 Å². The van der Waals surface area contributed by atoms with Gasteiger partial charge >= 0.3 is 6.18 Å². The van der Waals surface area contributed by atoms with Crippen LogP contribution in [0.1, 0.15) is 16.7 Å². The Balaban J connectivity index is 2.10. The molecule has 1 aromatic carbocycles. The molecule has 100 valence electrons. The second-order valence-electron chi connectivity index (χ2n) is 4.22. The average Bonchev–Trinajstić information content (AvgIpc) is 2.37. The van der Waals surface area contributed by atoms with Crippen LogP contribution in [-0.2, 0) is 12.7 Å². The summed E-state index contributed by atoms with van der Waals surface area (Å²) >= 11 is 0. The highest BCUT2D eigenvalue weighted by atomic mass is 19.4. The van der Waals surface area contributed by atoms with Gasteiger partial charge in [-0.2, -0.15) is 13.2 Å². The van der Waals surface area contributed by atoms with Crippen LogP contribution in [0.25, 0.3) is 0 Å². The SMILES string of the molecule is Cc1cccnc1NCc1cccc(C(F)(F)F)c1. The largest absolute Gasteiger partial charge is 0.416 e. The quantitative estimate of drug-likeness (QED) is 0.907. The van der Waals surface area contributed by atoms with Crippen molar-refractivity contribution < 1.29 is 13.2 Å². The third kappa shape index (κ3) is 3.47. The molecule has 1 heterocycles. The summed E-state index contributed by atoms with van der Waals surface area (Å²) in [5, 5.41) is 3.03. The molecular weight excluding hydrogens is 253 g/mol. The third-order valence-corrected chi connectivity index (χ3v) is 2.72. The molecule has 0 radical (unpaired) electrons.